The molecule has 0 radical (unpaired) electrons. The van der Waals surface area contributed by atoms with Crippen molar-refractivity contribution in [2.45, 2.75) is 24.4 Å². The highest BCUT2D eigenvalue weighted by Gasteiger charge is 2.30. The van der Waals surface area contributed by atoms with Crippen LogP contribution in [0.3, 0.4) is 0 Å². The zero-order valence-corrected chi connectivity index (χ0v) is 14.3. The molecule has 0 aliphatic rings. The molecule has 0 aromatic heterocycles. The number of benzene rings is 2. The van der Waals surface area contributed by atoms with Gasteiger partial charge < -0.3 is 0 Å². The topological polar surface area (TPSA) is 41.5 Å². The van der Waals surface area contributed by atoms with Gasteiger partial charge in [-0.3, -0.25) is 4.79 Å². The maximum absolute atomic E-state index is 12.6. The van der Waals surface area contributed by atoms with Crippen molar-refractivity contribution in [3.8, 4) is 0 Å². The van der Waals surface area contributed by atoms with Gasteiger partial charge in [0.1, 0.15) is 0 Å². The molecule has 3 nitrogen and oxygen atoms in total. The number of rotatable bonds is 6. The molecular weight excluding hydrogens is 349 g/mol. The second-order valence-corrected chi connectivity index (χ2v) is 6.50. The summed E-state index contributed by atoms with van der Waals surface area (Å²) in [5, 5.41) is 3.70. The fraction of sp³-hybridized carbons (Fsp3) is 0.222. The number of nitrogens with zero attached hydrogens (tertiary/aromatic N) is 1. The molecule has 0 bridgehead atoms. The minimum absolute atomic E-state index is 0.262. The summed E-state index contributed by atoms with van der Waals surface area (Å²) in [5.74, 6) is 0.302. The fourth-order valence-corrected chi connectivity index (χ4v) is 2.78. The minimum Gasteiger partial charge on any atom is -0.273 e. The van der Waals surface area contributed by atoms with Gasteiger partial charge in [-0.1, -0.05) is 29.8 Å². The average Bonchev–Trinajstić information content (AvgIpc) is 2.56. The molecule has 2 aromatic carbocycles. The van der Waals surface area contributed by atoms with Crippen molar-refractivity contribution in [3.63, 3.8) is 0 Å². The summed E-state index contributed by atoms with van der Waals surface area (Å²) in [5.41, 5.74) is 3.01. The molecule has 0 unspecified atom stereocenters. The van der Waals surface area contributed by atoms with Crippen LogP contribution in [0.1, 0.15) is 23.1 Å². The van der Waals surface area contributed by atoms with E-state index in [2.05, 4.69) is 10.5 Å². The number of thioether (sulfide) groups is 1. The lowest BCUT2D eigenvalue weighted by molar-refractivity contribution is -0.137. The van der Waals surface area contributed by atoms with Crippen LogP contribution in [-0.4, -0.2) is 17.9 Å². The van der Waals surface area contributed by atoms with Gasteiger partial charge in [0.25, 0.3) is 0 Å². The van der Waals surface area contributed by atoms with Gasteiger partial charge in [-0.15, -0.1) is 11.8 Å². The molecule has 132 valence electrons. The number of aryl methyl sites for hydroxylation is 1. The molecule has 0 heterocycles. The first-order chi connectivity index (χ1) is 11.8. The van der Waals surface area contributed by atoms with Gasteiger partial charge in [0.2, 0.25) is 5.91 Å². The quantitative estimate of drug-likeness (QED) is 0.459. The highest BCUT2D eigenvalue weighted by Crippen LogP contribution is 2.29. The predicted molar refractivity (Wildman–Crippen MR) is 93.7 cm³/mol. The molecule has 25 heavy (non-hydrogen) atoms. The Morgan fingerprint density at radius 3 is 2.60 bits per heavy atom. The first kappa shape index (κ1) is 19.1. The molecule has 2 rings (SSSR count). The molecule has 0 aliphatic carbocycles. The lowest BCUT2D eigenvalue weighted by atomic mass is 10.1. The zero-order valence-electron chi connectivity index (χ0n) is 13.5. The van der Waals surface area contributed by atoms with Crippen molar-refractivity contribution in [2.75, 3.05) is 5.75 Å². The molecule has 0 atom stereocenters. The normalized spacial score (nSPS) is 11.7. The Kier molecular flexibility index (Phi) is 6.64. The van der Waals surface area contributed by atoms with E-state index in [0.29, 0.717) is 5.75 Å². The summed E-state index contributed by atoms with van der Waals surface area (Å²) in [6, 6.07) is 12.7. The Morgan fingerprint density at radius 2 is 1.92 bits per heavy atom. The standard InChI is InChI=1S/C18H17F3N2OS/c1-13-5-7-16(8-6-13)25-10-9-17(24)23-22-12-14-3-2-4-15(11-14)18(19,20)21/h2-8,11-12H,9-10H2,1H3,(H,23,24)/b22-12+. The van der Waals surface area contributed by atoms with Gasteiger partial charge in [-0.2, -0.15) is 18.3 Å². The van der Waals surface area contributed by atoms with Crippen LogP contribution in [0.2, 0.25) is 0 Å². The van der Waals surface area contributed by atoms with Crippen LogP contribution >= 0.6 is 11.8 Å². The summed E-state index contributed by atoms with van der Waals surface area (Å²) in [6.07, 6.45) is -2.95. The Morgan fingerprint density at radius 1 is 1.20 bits per heavy atom. The third-order valence-electron chi connectivity index (χ3n) is 3.24. The maximum Gasteiger partial charge on any atom is 0.416 e. The second kappa shape index (κ2) is 8.71. The van der Waals surface area contributed by atoms with Crippen molar-refractivity contribution >= 4 is 23.9 Å². The van der Waals surface area contributed by atoms with E-state index < -0.39 is 11.7 Å². The Labute approximate surface area is 148 Å². The van der Waals surface area contributed by atoms with Gasteiger partial charge in [0, 0.05) is 17.1 Å². The molecule has 1 amide bonds. The lowest BCUT2D eigenvalue weighted by Gasteiger charge is -2.06. The molecule has 0 saturated carbocycles. The molecule has 0 fully saturated rings. The van der Waals surface area contributed by atoms with Crippen molar-refractivity contribution in [1.82, 2.24) is 5.43 Å². The molecule has 0 saturated heterocycles. The first-order valence-corrected chi connectivity index (χ1v) is 8.52. The first-order valence-electron chi connectivity index (χ1n) is 7.53. The fourth-order valence-electron chi connectivity index (χ4n) is 1.93. The van der Waals surface area contributed by atoms with E-state index in [1.807, 2.05) is 31.2 Å². The molecular formula is C18H17F3N2OS. The number of hydrogen-bond donors (Lipinski definition) is 1. The number of halogens is 3. The molecule has 2 aromatic rings. The number of carbonyl (C=O) groups excluding carboxylic acids is 1. The van der Waals surface area contributed by atoms with E-state index in [4.69, 9.17) is 0 Å². The number of amides is 1. The number of alkyl halides is 3. The maximum atomic E-state index is 12.6. The van der Waals surface area contributed by atoms with E-state index in [1.54, 1.807) is 11.8 Å². The highest BCUT2D eigenvalue weighted by atomic mass is 32.2. The monoisotopic (exact) mass is 366 g/mol. The van der Waals surface area contributed by atoms with E-state index in [0.717, 1.165) is 17.0 Å². The van der Waals surface area contributed by atoms with Crippen molar-refractivity contribution < 1.29 is 18.0 Å². The summed E-state index contributed by atoms with van der Waals surface area (Å²) in [7, 11) is 0. The Bertz CT molecular complexity index is 743. The number of hydrazone groups is 1. The third kappa shape index (κ3) is 6.62. The van der Waals surface area contributed by atoms with Crippen LogP contribution in [-0.2, 0) is 11.0 Å². The van der Waals surface area contributed by atoms with Crippen LogP contribution in [0.5, 0.6) is 0 Å². The average molecular weight is 366 g/mol. The molecule has 1 N–H and O–H groups in total. The van der Waals surface area contributed by atoms with Crippen molar-refractivity contribution in [1.29, 1.82) is 0 Å². The van der Waals surface area contributed by atoms with E-state index in [-0.39, 0.29) is 17.9 Å². The van der Waals surface area contributed by atoms with Crippen LogP contribution in [0.25, 0.3) is 0 Å². The second-order valence-electron chi connectivity index (χ2n) is 5.33. The Hall–Kier alpha value is -2.28. The zero-order chi connectivity index (χ0) is 18.3. The van der Waals surface area contributed by atoms with Gasteiger partial charge >= 0.3 is 6.18 Å². The SMILES string of the molecule is Cc1ccc(SCCC(=O)N/N=C/c2cccc(C(F)(F)F)c2)cc1. The van der Waals surface area contributed by atoms with Crippen molar-refractivity contribution in [2.24, 2.45) is 5.10 Å². The number of carbonyl (C=O) groups is 1. The van der Waals surface area contributed by atoms with Crippen LogP contribution < -0.4 is 5.43 Å². The van der Waals surface area contributed by atoms with Gasteiger partial charge in [0.15, 0.2) is 0 Å². The van der Waals surface area contributed by atoms with Crippen LogP contribution in [0.15, 0.2) is 58.5 Å². The van der Waals surface area contributed by atoms with Gasteiger partial charge in [0.05, 0.1) is 11.8 Å². The van der Waals surface area contributed by atoms with Crippen LogP contribution in [0.4, 0.5) is 13.2 Å². The van der Waals surface area contributed by atoms with Crippen LogP contribution in [0, 0.1) is 6.92 Å². The van der Waals surface area contributed by atoms with Crippen molar-refractivity contribution in [3.05, 3.63) is 65.2 Å². The summed E-state index contributed by atoms with van der Waals surface area (Å²) in [6.45, 7) is 2.00. The summed E-state index contributed by atoms with van der Waals surface area (Å²) in [4.78, 5) is 12.8. The Balaban J connectivity index is 1.77. The minimum atomic E-state index is -4.40. The lowest BCUT2D eigenvalue weighted by Crippen LogP contribution is -2.17. The highest BCUT2D eigenvalue weighted by molar-refractivity contribution is 7.99. The molecule has 0 aliphatic heterocycles. The summed E-state index contributed by atoms with van der Waals surface area (Å²) >= 11 is 1.55. The van der Waals surface area contributed by atoms with E-state index in [9.17, 15) is 18.0 Å². The van der Waals surface area contributed by atoms with E-state index >= 15 is 0 Å². The predicted octanol–water partition coefficient (Wildman–Crippen LogP) is 4.65. The molecule has 0 spiro atoms. The van der Waals surface area contributed by atoms with Gasteiger partial charge in [-0.25, -0.2) is 5.43 Å². The van der Waals surface area contributed by atoms with E-state index in [1.165, 1.54) is 23.9 Å². The van der Waals surface area contributed by atoms with Gasteiger partial charge in [-0.05, 0) is 36.8 Å². The largest absolute Gasteiger partial charge is 0.416 e. The third-order valence-corrected chi connectivity index (χ3v) is 4.25. The smallest absolute Gasteiger partial charge is 0.273 e. The number of hydrogen-bond acceptors (Lipinski definition) is 3. The molecule has 7 heteroatoms. The number of nitrogens with one attached hydrogen (secondary N) is 1. The summed E-state index contributed by atoms with van der Waals surface area (Å²) < 4.78 is 37.8.